The first-order valence-corrected chi connectivity index (χ1v) is 39.5. The van der Waals surface area contributed by atoms with E-state index in [0.29, 0.717) is 19.3 Å². The summed E-state index contributed by atoms with van der Waals surface area (Å²) >= 11 is 0. The average Bonchev–Trinajstić information content (AvgIpc) is 0.763. The molecule has 1 aliphatic carbocycles. The van der Waals surface area contributed by atoms with Crippen molar-refractivity contribution in [1.29, 1.82) is 0 Å². The Morgan fingerprint density at radius 2 is 0.722 bits per heavy atom. The van der Waals surface area contributed by atoms with Crippen molar-refractivity contribution >= 4 is 25.7 Å². The summed E-state index contributed by atoms with van der Waals surface area (Å²) in [7, 11) is -5.69. The van der Waals surface area contributed by atoms with Crippen molar-refractivity contribution in [2.45, 2.75) is 401 Å². The molecule has 3 fully saturated rings. The maximum atomic E-state index is 14.3. The second-order valence-corrected chi connectivity index (χ2v) is 28.8. The van der Waals surface area contributed by atoms with Crippen molar-refractivity contribution in [3.05, 3.63) is 12.2 Å². The van der Waals surface area contributed by atoms with E-state index in [2.05, 4.69) is 32.9 Å². The number of phosphoric acid groups is 1. The fraction of sp³-hybridized carbons (Fsp3) is 0.931. The van der Waals surface area contributed by atoms with Crippen LogP contribution < -0.4 is 0 Å². The summed E-state index contributed by atoms with van der Waals surface area (Å²) in [6.45, 7) is 3.43. The van der Waals surface area contributed by atoms with Crippen molar-refractivity contribution in [2.24, 2.45) is 0 Å². The van der Waals surface area contributed by atoms with Crippen molar-refractivity contribution < 1.29 is 117 Å². The Hall–Kier alpha value is -2.30. The second-order valence-electron chi connectivity index (χ2n) is 27.4. The predicted octanol–water partition coefficient (Wildman–Crippen LogP) is 10.4. The van der Waals surface area contributed by atoms with Gasteiger partial charge in [0.1, 0.15) is 98.7 Å². The molecule has 11 N–H and O–H groups in total. The summed E-state index contributed by atoms with van der Waals surface area (Å²) in [6, 6.07) is 0. The van der Waals surface area contributed by atoms with E-state index in [1.807, 2.05) is 0 Å². The number of carbonyl (C=O) groups excluding carboxylic acids is 3. The smallest absolute Gasteiger partial charge is 0.463 e. The van der Waals surface area contributed by atoms with Crippen LogP contribution in [-0.4, -0.2) is 204 Å². The van der Waals surface area contributed by atoms with E-state index in [4.69, 9.17) is 42.2 Å². The van der Waals surface area contributed by atoms with Crippen LogP contribution in [0.2, 0.25) is 0 Å². The Morgan fingerprint density at radius 1 is 0.392 bits per heavy atom. The lowest BCUT2D eigenvalue weighted by Gasteiger charge is -2.49. The van der Waals surface area contributed by atoms with Gasteiger partial charge < -0.3 is 89.1 Å². The molecule has 2 heterocycles. The number of aliphatic hydroxyl groups is 10. The quantitative estimate of drug-likeness (QED) is 0.00886. The van der Waals surface area contributed by atoms with Crippen LogP contribution in [0.5, 0.6) is 0 Å². The van der Waals surface area contributed by atoms with E-state index in [0.717, 1.165) is 89.9 Å². The van der Waals surface area contributed by atoms with Gasteiger partial charge >= 0.3 is 25.7 Å². The zero-order valence-electron chi connectivity index (χ0n) is 59.4. The van der Waals surface area contributed by atoms with Gasteiger partial charge in [0.05, 0.1) is 13.2 Å². The van der Waals surface area contributed by atoms with Crippen molar-refractivity contribution in [1.82, 2.24) is 0 Å². The number of ether oxygens (including phenoxy) is 7. The highest BCUT2D eigenvalue weighted by molar-refractivity contribution is 7.47. The SMILES string of the molecule is CCCCCCCCC/C=C\CCCCCC(=O)OCC1OC(OC2C(O)C(O)C(O)C(OC3OC(CO)C(O)C(O)C3O)C2OP(=O)(O)OCC(COC(=O)CCCCCCCCCCCCCCCCCCC)OC(=O)CCCCCCCCCCCCC)C(O)C(O)C1O. The van der Waals surface area contributed by atoms with Gasteiger partial charge in [0.25, 0.3) is 0 Å². The van der Waals surface area contributed by atoms with Gasteiger partial charge in [0, 0.05) is 19.3 Å². The minimum Gasteiger partial charge on any atom is -0.463 e. The van der Waals surface area contributed by atoms with Crippen LogP contribution in [0, 0.1) is 0 Å². The molecule has 570 valence electrons. The molecule has 1 saturated carbocycles. The first-order valence-electron chi connectivity index (χ1n) is 38.0. The Labute approximate surface area is 580 Å². The van der Waals surface area contributed by atoms with Crippen molar-refractivity contribution in [2.75, 3.05) is 26.4 Å². The summed E-state index contributed by atoms with van der Waals surface area (Å²) in [4.78, 5) is 50.9. The molecule has 2 aliphatic heterocycles. The number of hydrogen-bond acceptors (Lipinski definition) is 23. The third-order valence-electron chi connectivity index (χ3n) is 18.8. The topological polar surface area (TPSA) is 374 Å². The first-order chi connectivity index (χ1) is 46.8. The third-order valence-corrected chi connectivity index (χ3v) is 19.8. The normalized spacial score (nSPS) is 27.8. The van der Waals surface area contributed by atoms with Crippen molar-refractivity contribution in [3.8, 4) is 0 Å². The molecule has 0 aromatic rings. The van der Waals surface area contributed by atoms with Gasteiger partial charge in [-0.05, 0) is 44.9 Å². The molecule has 18 unspecified atom stereocenters. The summed E-state index contributed by atoms with van der Waals surface area (Å²) in [5, 5.41) is 110. The number of phosphoric ester groups is 1. The minimum absolute atomic E-state index is 0.00961. The van der Waals surface area contributed by atoms with E-state index in [1.165, 1.54) is 148 Å². The Balaban J connectivity index is 1.72. The first kappa shape index (κ1) is 88.9. The average molecular weight is 1410 g/mol. The monoisotopic (exact) mass is 1410 g/mol. The van der Waals surface area contributed by atoms with Gasteiger partial charge in [-0.2, -0.15) is 0 Å². The lowest BCUT2D eigenvalue weighted by Crippen LogP contribution is -2.69. The van der Waals surface area contributed by atoms with Gasteiger partial charge in [-0.15, -0.1) is 0 Å². The number of carbonyl (C=O) groups is 3. The molecule has 3 rings (SSSR count). The molecule has 0 aromatic carbocycles. The molecule has 0 radical (unpaired) electrons. The number of allylic oxidation sites excluding steroid dienone is 2. The van der Waals surface area contributed by atoms with Crippen LogP contribution in [-0.2, 0) is 61.2 Å². The summed E-state index contributed by atoms with van der Waals surface area (Å²) in [6.07, 6.45) is 12.9. The fourth-order valence-corrected chi connectivity index (χ4v) is 13.5. The highest BCUT2D eigenvalue weighted by Crippen LogP contribution is 2.49. The molecule has 0 bridgehead atoms. The van der Waals surface area contributed by atoms with Crippen LogP contribution in [0.4, 0.5) is 0 Å². The Bertz CT molecular complexity index is 2060. The van der Waals surface area contributed by atoms with Gasteiger partial charge in [-0.25, -0.2) is 4.57 Å². The summed E-state index contributed by atoms with van der Waals surface area (Å²) in [5.74, 6) is -1.99. The molecule has 0 aromatic heterocycles. The summed E-state index contributed by atoms with van der Waals surface area (Å²) < 4.78 is 65.0. The Morgan fingerprint density at radius 3 is 1.12 bits per heavy atom. The predicted molar refractivity (Wildman–Crippen MR) is 365 cm³/mol. The standard InChI is InChI=1S/C72H133O24P/c1-4-7-10-13-16-19-22-24-26-27-28-30-33-34-37-40-43-46-56(74)88-50-53(91-58(76)48-45-42-39-36-31-21-18-15-12-9-6-3)51-90-97(86,87)96-70-68(94-71-66(84)61(79)59(77)54(49-73)92-71)64(82)63(81)65(83)69(70)95-72-67(85)62(80)60(78)55(93-72)52-89-57(75)47-44-41-38-35-32-29-25-23-20-17-14-11-8-5-2/h29,32,53-55,59-73,77-85H,4-28,30-31,33-52H2,1-3H3,(H,86,87)/b32-29-. The molecule has 0 spiro atoms. The maximum Gasteiger partial charge on any atom is 0.472 e. The number of unbranched alkanes of at least 4 members (excludes halogenated alkanes) is 36. The molecule has 24 nitrogen and oxygen atoms in total. The molecule has 3 aliphatic rings. The number of aliphatic hydroxyl groups excluding tert-OH is 10. The fourth-order valence-electron chi connectivity index (χ4n) is 12.6. The number of rotatable bonds is 59. The molecular formula is C72H133O24P. The van der Waals surface area contributed by atoms with Gasteiger partial charge in [0.15, 0.2) is 18.7 Å². The van der Waals surface area contributed by atoms with E-state index in [-0.39, 0.29) is 19.3 Å². The molecule has 18 atom stereocenters. The zero-order valence-corrected chi connectivity index (χ0v) is 60.3. The van der Waals surface area contributed by atoms with E-state index < -0.39 is 156 Å². The van der Waals surface area contributed by atoms with Crippen LogP contribution in [0.25, 0.3) is 0 Å². The van der Waals surface area contributed by atoms with Crippen LogP contribution in [0.3, 0.4) is 0 Å². The lowest BCUT2D eigenvalue weighted by atomic mass is 9.84. The molecule has 2 saturated heterocycles. The van der Waals surface area contributed by atoms with Crippen LogP contribution in [0.1, 0.15) is 297 Å². The number of hydrogen-bond donors (Lipinski definition) is 11. The molecule has 25 heteroatoms. The Kier molecular flexibility index (Phi) is 49.8. The highest BCUT2D eigenvalue weighted by atomic mass is 31.2. The zero-order chi connectivity index (χ0) is 71.1. The number of esters is 3. The van der Waals surface area contributed by atoms with Crippen LogP contribution in [0.15, 0.2) is 12.2 Å². The van der Waals surface area contributed by atoms with E-state index in [9.17, 15) is 74.9 Å². The molecular weight excluding hydrogens is 1280 g/mol. The van der Waals surface area contributed by atoms with E-state index >= 15 is 0 Å². The lowest BCUT2D eigenvalue weighted by molar-refractivity contribution is -0.360. The minimum atomic E-state index is -5.69. The second kappa shape index (κ2) is 54.4. The van der Waals surface area contributed by atoms with E-state index in [1.54, 1.807) is 0 Å². The van der Waals surface area contributed by atoms with Crippen LogP contribution >= 0.6 is 7.82 Å². The third kappa shape index (κ3) is 37.6. The highest BCUT2D eigenvalue weighted by Gasteiger charge is 2.58. The molecule has 0 amide bonds. The van der Waals surface area contributed by atoms with Crippen molar-refractivity contribution in [3.63, 3.8) is 0 Å². The molecule has 97 heavy (non-hydrogen) atoms. The largest absolute Gasteiger partial charge is 0.472 e. The maximum absolute atomic E-state index is 14.3. The van der Waals surface area contributed by atoms with Gasteiger partial charge in [0.2, 0.25) is 0 Å². The summed E-state index contributed by atoms with van der Waals surface area (Å²) in [5.41, 5.74) is 0. The van der Waals surface area contributed by atoms with Gasteiger partial charge in [-0.1, -0.05) is 245 Å². The van der Waals surface area contributed by atoms with Gasteiger partial charge in [-0.3, -0.25) is 23.4 Å².